The molecule has 3 heterocycles. The van der Waals surface area contributed by atoms with Crippen molar-refractivity contribution in [2.75, 3.05) is 18.0 Å². The van der Waals surface area contributed by atoms with Gasteiger partial charge in [-0.2, -0.15) is 0 Å². The van der Waals surface area contributed by atoms with E-state index in [4.69, 9.17) is 0 Å². The molecule has 0 N–H and O–H groups in total. The lowest BCUT2D eigenvalue weighted by molar-refractivity contribution is 0.402. The normalized spacial score (nSPS) is 15.8. The Hall–Kier alpha value is -2.63. The van der Waals surface area contributed by atoms with Crippen LogP contribution >= 0.6 is 0 Å². The Kier molecular flexibility index (Phi) is 4.03. The van der Waals surface area contributed by atoms with Crippen LogP contribution in [0, 0.1) is 5.92 Å². The minimum Gasteiger partial charge on any atom is -0.355 e. The highest BCUT2D eigenvalue weighted by atomic mass is 16.1. The second-order valence-corrected chi connectivity index (χ2v) is 6.89. The van der Waals surface area contributed by atoms with Crippen LogP contribution in [0.2, 0.25) is 0 Å². The summed E-state index contributed by atoms with van der Waals surface area (Å²) in [5.74, 6) is 1.58. The second-order valence-electron chi connectivity index (χ2n) is 6.89. The van der Waals surface area contributed by atoms with Gasteiger partial charge in [0, 0.05) is 27.2 Å². The molecule has 25 heavy (non-hydrogen) atoms. The minimum atomic E-state index is -0.0595. The van der Waals surface area contributed by atoms with Crippen LogP contribution in [-0.4, -0.2) is 32.2 Å². The van der Waals surface area contributed by atoms with Gasteiger partial charge in [0.1, 0.15) is 11.8 Å². The van der Waals surface area contributed by atoms with E-state index in [0.717, 1.165) is 43.7 Å². The number of anilines is 1. The van der Waals surface area contributed by atoms with Gasteiger partial charge >= 0.3 is 5.69 Å². The fourth-order valence-corrected chi connectivity index (χ4v) is 3.84. The number of rotatable bonds is 3. The summed E-state index contributed by atoms with van der Waals surface area (Å²) in [5.41, 5.74) is 2.88. The van der Waals surface area contributed by atoms with E-state index in [9.17, 15) is 4.79 Å². The van der Waals surface area contributed by atoms with Crippen LogP contribution in [0.4, 0.5) is 5.82 Å². The third-order valence-electron chi connectivity index (χ3n) is 5.29. The third kappa shape index (κ3) is 2.81. The Morgan fingerprint density at radius 1 is 1.04 bits per heavy atom. The smallest absolute Gasteiger partial charge is 0.329 e. The van der Waals surface area contributed by atoms with Crippen molar-refractivity contribution in [3.63, 3.8) is 0 Å². The van der Waals surface area contributed by atoms with E-state index in [2.05, 4.69) is 45.2 Å². The molecule has 4 rings (SSSR count). The maximum Gasteiger partial charge on any atom is 0.329 e. The number of fused-ring (bicyclic) bond motifs is 1. The van der Waals surface area contributed by atoms with Crippen LogP contribution in [0.1, 0.15) is 18.4 Å². The highest BCUT2D eigenvalue weighted by Gasteiger charge is 2.24. The summed E-state index contributed by atoms with van der Waals surface area (Å²) in [6.45, 7) is 1.93. The molecular weight excluding hydrogens is 314 g/mol. The van der Waals surface area contributed by atoms with Crippen LogP contribution in [0.3, 0.4) is 0 Å². The first-order valence-electron chi connectivity index (χ1n) is 8.80. The topological polar surface area (TPSA) is 56.0 Å². The molecule has 0 amide bonds. The molecule has 1 saturated heterocycles. The number of imidazole rings is 1. The molecule has 6 nitrogen and oxygen atoms in total. The molecule has 0 radical (unpaired) electrons. The summed E-state index contributed by atoms with van der Waals surface area (Å²) in [6.07, 6.45) is 4.98. The van der Waals surface area contributed by atoms with E-state index >= 15 is 0 Å². The quantitative estimate of drug-likeness (QED) is 0.735. The molecule has 0 saturated carbocycles. The standard InChI is InChI=1S/C19H23N5O/c1-22-16-17(23(2)19(22)25)20-13-21-18(16)24-10-8-15(9-11-24)12-14-6-4-3-5-7-14/h3-7,13,15H,8-12H2,1-2H3. The van der Waals surface area contributed by atoms with E-state index in [0.29, 0.717) is 11.6 Å². The van der Waals surface area contributed by atoms with E-state index in [1.807, 2.05) is 0 Å². The zero-order valence-electron chi connectivity index (χ0n) is 14.7. The third-order valence-corrected chi connectivity index (χ3v) is 5.29. The molecule has 1 aromatic carbocycles. The van der Waals surface area contributed by atoms with Gasteiger partial charge in [0.25, 0.3) is 0 Å². The van der Waals surface area contributed by atoms with Gasteiger partial charge in [-0.05, 0) is 30.7 Å². The van der Waals surface area contributed by atoms with Crippen molar-refractivity contribution in [2.45, 2.75) is 19.3 Å². The highest BCUT2D eigenvalue weighted by molar-refractivity contribution is 5.84. The van der Waals surface area contributed by atoms with Crippen molar-refractivity contribution in [1.82, 2.24) is 19.1 Å². The van der Waals surface area contributed by atoms with E-state index < -0.39 is 0 Å². The largest absolute Gasteiger partial charge is 0.355 e. The Morgan fingerprint density at radius 2 is 1.76 bits per heavy atom. The molecule has 1 aliphatic heterocycles. The lowest BCUT2D eigenvalue weighted by atomic mass is 9.90. The predicted octanol–water partition coefficient (Wildman–Crippen LogP) is 2.13. The van der Waals surface area contributed by atoms with E-state index in [1.165, 1.54) is 5.56 Å². The molecule has 130 valence electrons. The van der Waals surface area contributed by atoms with E-state index in [-0.39, 0.29) is 5.69 Å². The first-order chi connectivity index (χ1) is 12.1. The zero-order chi connectivity index (χ0) is 17.4. The Balaban J connectivity index is 1.54. The Morgan fingerprint density at radius 3 is 2.48 bits per heavy atom. The number of aryl methyl sites for hydroxylation is 2. The zero-order valence-corrected chi connectivity index (χ0v) is 14.7. The maximum absolute atomic E-state index is 12.2. The molecule has 0 spiro atoms. The fraction of sp³-hybridized carbons (Fsp3) is 0.421. The van der Waals surface area contributed by atoms with Crippen molar-refractivity contribution in [3.05, 3.63) is 52.7 Å². The number of piperidine rings is 1. The van der Waals surface area contributed by atoms with Crippen molar-refractivity contribution < 1.29 is 0 Å². The van der Waals surface area contributed by atoms with Gasteiger partial charge in [-0.3, -0.25) is 9.13 Å². The summed E-state index contributed by atoms with van der Waals surface area (Å²) in [5, 5.41) is 0. The monoisotopic (exact) mass is 337 g/mol. The van der Waals surface area contributed by atoms with Crippen LogP contribution in [0.15, 0.2) is 41.5 Å². The van der Waals surface area contributed by atoms with Crippen molar-refractivity contribution in [1.29, 1.82) is 0 Å². The molecule has 6 heteroatoms. The molecule has 0 unspecified atom stereocenters. The number of aromatic nitrogens is 4. The molecule has 0 atom stereocenters. The molecular formula is C19H23N5O. The molecule has 3 aromatic rings. The van der Waals surface area contributed by atoms with Gasteiger partial charge in [0.2, 0.25) is 0 Å². The van der Waals surface area contributed by atoms with Crippen LogP contribution in [0.5, 0.6) is 0 Å². The number of nitrogens with zero attached hydrogens (tertiary/aromatic N) is 5. The summed E-state index contributed by atoms with van der Waals surface area (Å²) >= 11 is 0. The van der Waals surface area contributed by atoms with Gasteiger partial charge in [0.05, 0.1) is 0 Å². The minimum absolute atomic E-state index is 0.0595. The number of hydrogen-bond donors (Lipinski definition) is 0. The van der Waals surface area contributed by atoms with Crippen molar-refractivity contribution in [2.24, 2.45) is 20.0 Å². The fourth-order valence-electron chi connectivity index (χ4n) is 3.84. The number of hydrogen-bond acceptors (Lipinski definition) is 4. The highest BCUT2D eigenvalue weighted by Crippen LogP contribution is 2.28. The molecule has 0 aliphatic carbocycles. The molecule has 1 aliphatic rings. The van der Waals surface area contributed by atoms with Crippen molar-refractivity contribution >= 4 is 17.0 Å². The van der Waals surface area contributed by atoms with E-state index in [1.54, 1.807) is 29.6 Å². The SMILES string of the molecule is Cn1c(=O)n(C)c2c(N3CCC(Cc4ccccc4)CC3)ncnc21. The average molecular weight is 337 g/mol. The Bertz CT molecular complexity index is 936. The summed E-state index contributed by atoms with van der Waals surface area (Å²) in [6, 6.07) is 10.7. The number of benzene rings is 1. The summed E-state index contributed by atoms with van der Waals surface area (Å²) in [7, 11) is 3.55. The van der Waals surface area contributed by atoms with Gasteiger partial charge in [-0.25, -0.2) is 14.8 Å². The Labute approximate surface area is 146 Å². The predicted molar refractivity (Wildman–Crippen MR) is 98.8 cm³/mol. The maximum atomic E-state index is 12.2. The molecule has 1 fully saturated rings. The summed E-state index contributed by atoms with van der Waals surface area (Å²) < 4.78 is 3.24. The van der Waals surface area contributed by atoms with Crippen LogP contribution in [0.25, 0.3) is 11.2 Å². The van der Waals surface area contributed by atoms with Crippen LogP contribution < -0.4 is 10.6 Å². The summed E-state index contributed by atoms with van der Waals surface area (Å²) in [4.78, 5) is 23.3. The van der Waals surface area contributed by atoms with Crippen molar-refractivity contribution in [3.8, 4) is 0 Å². The van der Waals surface area contributed by atoms with Crippen LogP contribution in [-0.2, 0) is 20.5 Å². The molecule has 2 aromatic heterocycles. The van der Waals surface area contributed by atoms with Gasteiger partial charge < -0.3 is 4.90 Å². The van der Waals surface area contributed by atoms with Gasteiger partial charge in [0.15, 0.2) is 11.5 Å². The first-order valence-corrected chi connectivity index (χ1v) is 8.80. The van der Waals surface area contributed by atoms with Gasteiger partial charge in [-0.15, -0.1) is 0 Å². The van der Waals surface area contributed by atoms with Gasteiger partial charge in [-0.1, -0.05) is 30.3 Å². The lowest BCUT2D eigenvalue weighted by Gasteiger charge is -2.33. The average Bonchev–Trinajstić information content (AvgIpc) is 2.88. The molecule has 0 bridgehead atoms. The lowest BCUT2D eigenvalue weighted by Crippen LogP contribution is -2.35. The first kappa shape index (κ1) is 15.9. The second kappa shape index (κ2) is 6.35.